The molecule has 0 amide bonds. The first-order valence-electron chi connectivity index (χ1n) is 14.6. The number of nitrogens with zero attached hydrogens (tertiary/aromatic N) is 3. The van der Waals surface area contributed by atoms with Crippen molar-refractivity contribution in [2.75, 3.05) is 39.5 Å². The molecule has 0 radical (unpaired) electrons. The molecule has 0 heterocycles. The summed E-state index contributed by atoms with van der Waals surface area (Å²) in [6.45, 7) is 10.9. The highest BCUT2D eigenvalue weighted by Crippen LogP contribution is 2.36. The summed E-state index contributed by atoms with van der Waals surface area (Å²) >= 11 is 0. The van der Waals surface area contributed by atoms with E-state index in [-0.39, 0.29) is 0 Å². The van der Waals surface area contributed by atoms with E-state index in [1.165, 1.54) is 21.6 Å². The lowest BCUT2D eigenvalue weighted by Gasteiger charge is -2.20. The Morgan fingerprint density at radius 3 is 1.09 bits per heavy atom. The van der Waals surface area contributed by atoms with Crippen molar-refractivity contribution < 1.29 is 39.0 Å². The maximum absolute atomic E-state index is 11.1. The third kappa shape index (κ3) is 11.9. The lowest BCUT2D eigenvalue weighted by atomic mass is 10.2. The highest BCUT2D eigenvalue weighted by atomic mass is 16.6. The minimum Gasteiger partial charge on any atom is -0.863 e. The van der Waals surface area contributed by atoms with Crippen molar-refractivity contribution in [1.29, 1.82) is 0 Å². The van der Waals surface area contributed by atoms with Gasteiger partial charge in [-0.15, -0.1) is 0 Å². The molecule has 0 fully saturated rings. The van der Waals surface area contributed by atoms with Crippen LogP contribution in [0, 0.1) is 51.1 Å². The highest BCUT2D eigenvalue weighted by Gasteiger charge is 2.24. The summed E-state index contributed by atoms with van der Waals surface area (Å²) < 4.78 is 17.8. The van der Waals surface area contributed by atoms with E-state index in [1.807, 2.05) is 36.4 Å². The summed E-state index contributed by atoms with van der Waals surface area (Å²) in [5.41, 5.74) is 0.447. The fraction of sp³-hybridized carbons (Fsp3) is 0.273. The number of nitro benzene ring substituents is 3. The van der Waals surface area contributed by atoms with Gasteiger partial charge in [-0.2, -0.15) is 0 Å². The van der Waals surface area contributed by atoms with Crippen LogP contribution in [0.25, 0.3) is 0 Å². The Balaban J connectivity index is 0.000000316. The lowest BCUT2D eigenvalue weighted by Crippen LogP contribution is -3.13. The molecule has 47 heavy (non-hydrogen) atoms. The van der Waals surface area contributed by atoms with Crippen LogP contribution in [0.3, 0.4) is 0 Å². The summed E-state index contributed by atoms with van der Waals surface area (Å²) in [7, 11) is 0. The van der Waals surface area contributed by atoms with Crippen LogP contribution < -0.4 is 24.2 Å². The summed E-state index contributed by atoms with van der Waals surface area (Å²) in [6, 6.07) is 25.4. The predicted molar refractivity (Wildman–Crippen MR) is 171 cm³/mol. The monoisotopic (exact) mass is 648 g/mol. The molecule has 0 aliphatic rings. The topological polar surface area (TPSA) is 185 Å². The van der Waals surface area contributed by atoms with Gasteiger partial charge >= 0.3 is 0 Å². The number of hydrogen-bond acceptors (Lipinski definition) is 10. The standard InChI is InChI=1S/C27H33NO3.C6H3N3O7/c1-22-4-10-25(11-5-22)29-19-16-28(17-20-30-26-12-6-23(2)7-13-26)18-21-31-27-14-8-24(3)9-15-27;10-6-4(8(13)14)1-3(7(11)12)2-5(6)9(15)16/h4-15H,16-21H2,1-3H3;1-2,10H. The van der Waals surface area contributed by atoms with Gasteiger partial charge in [-0.05, 0) is 57.2 Å². The maximum Gasteiger partial charge on any atom is 0.283 e. The SMILES string of the molecule is Cc1ccc(OCC[NH+](CCOc2ccc(C)cc2)CCOc2ccc(C)cc2)cc1.O=[N+]([O-])c1cc([N+](=O)[O-])c([O-])c([N+](=O)[O-])c1. The molecule has 1 N–H and O–H groups in total. The number of nitrogens with one attached hydrogen (secondary N) is 1. The molecule has 0 aliphatic carbocycles. The quantitative estimate of drug-likeness (QED) is 0.142. The predicted octanol–water partition coefficient (Wildman–Crippen LogP) is 4.52. The van der Waals surface area contributed by atoms with Crippen molar-refractivity contribution in [2.45, 2.75) is 20.8 Å². The Kier molecular flexibility index (Phi) is 13.4. The van der Waals surface area contributed by atoms with Gasteiger partial charge in [0.15, 0.2) is 0 Å². The molecule has 14 heteroatoms. The van der Waals surface area contributed by atoms with Crippen molar-refractivity contribution in [1.82, 2.24) is 0 Å². The van der Waals surface area contributed by atoms with Crippen LogP contribution in [-0.4, -0.2) is 54.2 Å². The largest absolute Gasteiger partial charge is 0.863 e. The summed E-state index contributed by atoms with van der Waals surface area (Å²) in [5.74, 6) is 1.28. The Labute approximate surface area is 271 Å². The molecule has 4 aromatic rings. The van der Waals surface area contributed by atoms with Crippen molar-refractivity contribution in [2.24, 2.45) is 0 Å². The average Bonchev–Trinajstić information content (AvgIpc) is 3.03. The molecule has 0 aromatic heterocycles. The Morgan fingerprint density at radius 2 is 0.830 bits per heavy atom. The van der Waals surface area contributed by atoms with Gasteiger partial charge in [0.05, 0.1) is 32.7 Å². The van der Waals surface area contributed by atoms with Crippen molar-refractivity contribution in [3.8, 4) is 23.0 Å². The Bertz CT molecular complexity index is 1470. The summed E-state index contributed by atoms with van der Waals surface area (Å²) in [6.07, 6.45) is 0. The van der Waals surface area contributed by atoms with E-state index in [2.05, 4.69) is 57.2 Å². The van der Waals surface area contributed by atoms with Crippen LogP contribution in [0.4, 0.5) is 17.1 Å². The molecule has 0 saturated heterocycles. The van der Waals surface area contributed by atoms with E-state index in [4.69, 9.17) is 14.2 Å². The lowest BCUT2D eigenvalue weighted by molar-refractivity contribution is -0.900. The molecule has 0 aliphatic heterocycles. The minimum atomic E-state index is -1.46. The number of non-ortho nitro benzene ring substituents is 1. The third-order valence-corrected chi connectivity index (χ3v) is 6.87. The van der Waals surface area contributed by atoms with Gasteiger partial charge in [0, 0.05) is 0 Å². The first kappa shape index (κ1) is 35.7. The van der Waals surface area contributed by atoms with Gasteiger partial charge in [-0.25, -0.2) is 0 Å². The highest BCUT2D eigenvalue weighted by molar-refractivity contribution is 5.64. The normalized spacial score (nSPS) is 10.5. The molecule has 0 bridgehead atoms. The average molecular weight is 649 g/mol. The molecule has 4 aromatic carbocycles. The fourth-order valence-electron chi connectivity index (χ4n) is 4.18. The number of benzene rings is 4. The van der Waals surface area contributed by atoms with Gasteiger partial charge in [0.2, 0.25) is 0 Å². The van der Waals surface area contributed by atoms with E-state index in [9.17, 15) is 35.4 Å². The molecule has 14 nitrogen and oxygen atoms in total. The first-order valence-corrected chi connectivity index (χ1v) is 14.6. The summed E-state index contributed by atoms with van der Waals surface area (Å²) in [4.78, 5) is 28.9. The van der Waals surface area contributed by atoms with E-state index in [1.54, 1.807) is 0 Å². The van der Waals surface area contributed by atoms with Crippen molar-refractivity contribution in [3.05, 3.63) is 132 Å². The zero-order chi connectivity index (χ0) is 34.3. The van der Waals surface area contributed by atoms with Gasteiger partial charge < -0.3 is 24.2 Å². The molecule has 0 unspecified atom stereocenters. The molecular weight excluding hydrogens is 612 g/mol. The van der Waals surface area contributed by atoms with Crippen LogP contribution in [-0.2, 0) is 0 Å². The molecule has 248 valence electrons. The second kappa shape index (κ2) is 17.7. The minimum absolute atomic E-state index is 0.384. The first-order chi connectivity index (χ1) is 22.4. The second-order valence-corrected chi connectivity index (χ2v) is 10.6. The fourth-order valence-corrected chi connectivity index (χ4v) is 4.18. The number of rotatable bonds is 15. The zero-order valence-corrected chi connectivity index (χ0v) is 26.2. The third-order valence-electron chi connectivity index (χ3n) is 6.87. The number of hydrogen-bond donors (Lipinski definition) is 1. The van der Waals surface area contributed by atoms with Crippen LogP contribution in [0.1, 0.15) is 16.7 Å². The van der Waals surface area contributed by atoms with Gasteiger partial charge in [-0.1, -0.05) is 53.1 Å². The van der Waals surface area contributed by atoms with Gasteiger partial charge in [0.1, 0.15) is 56.7 Å². The smallest absolute Gasteiger partial charge is 0.283 e. The number of nitro groups is 3. The molecule has 0 spiro atoms. The van der Waals surface area contributed by atoms with Crippen LogP contribution in [0.5, 0.6) is 23.0 Å². The zero-order valence-electron chi connectivity index (χ0n) is 26.2. The van der Waals surface area contributed by atoms with E-state index in [0.29, 0.717) is 32.0 Å². The van der Waals surface area contributed by atoms with Gasteiger partial charge in [-0.3, -0.25) is 30.3 Å². The Morgan fingerprint density at radius 1 is 0.532 bits per heavy atom. The number of ether oxygens (including phenoxy) is 3. The van der Waals surface area contributed by atoms with Crippen molar-refractivity contribution in [3.63, 3.8) is 0 Å². The second-order valence-electron chi connectivity index (χ2n) is 10.6. The van der Waals surface area contributed by atoms with Crippen LogP contribution >= 0.6 is 0 Å². The number of quaternary nitrogens is 1. The van der Waals surface area contributed by atoms with Crippen molar-refractivity contribution >= 4 is 17.1 Å². The van der Waals surface area contributed by atoms with E-state index in [0.717, 1.165) is 36.9 Å². The number of aryl methyl sites for hydroxylation is 3. The van der Waals surface area contributed by atoms with Crippen LogP contribution in [0.2, 0.25) is 0 Å². The van der Waals surface area contributed by atoms with E-state index >= 15 is 0 Å². The molecule has 0 saturated carbocycles. The Hall–Kier alpha value is -5.76. The molecular formula is C33H36N4O10. The summed E-state index contributed by atoms with van der Waals surface area (Å²) in [5, 5.41) is 42.1. The van der Waals surface area contributed by atoms with Gasteiger partial charge in [0.25, 0.3) is 17.1 Å². The molecule has 0 atom stereocenters. The maximum atomic E-state index is 11.1. The van der Waals surface area contributed by atoms with Crippen LogP contribution in [0.15, 0.2) is 84.9 Å². The molecule has 4 rings (SSSR count). The van der Waals surface area contributed by atoms with E-state index < -0.39 is 37.6 Å².